The van der Waals surface area contributed by atoms with Crippen LogP contribution in [-0.4, -0.2) is 9.55 Å². The molecule has 0 aliphatic carbocycles. The normalized spacial score (nSPS) is 9.62. The summed E-state index contributed by atoms with van der Waals surface area (Å²) in [7, 11) is 1.99. The van der Waals surface area contributed by atoms with Crippen LogP contribution in [0.15, 0.2) is 23.7 Å². The highest BCUT2D eigenvalue weighted by molar-refractivity contribution is 7.13. The Bertz CT molecular complexity index is 394. The molecule has 0 aliphatic heterocycles. The molecule has 2 aromatic rings. The van der Waals surface area contributed by atoms with E-state index < -0.39 is 0 Å². The van der Waals surface area contributed by atoms with Gasteiger partial charge in [0.1, 0.15) is 0 Å². The molecule has 0 radical (unpaired) electrons. The molecule has 13 heavy (non-hydrogen) atoms. The first kappa shape index (κ1) is 10.1. The largest absolute Gasteiger partial charge is 0.375 e. The van der Waals surface area contributed by atoms with Crippen LogP contribution in [0.2, 0.25) is 0 Å². The lowest BCUT2D eigenvalue weighted by Crippen LogP contribution is -1.89. The van der Waals surface area contributed by atoms with Crippen molar-refractivity contribution in [1.29, 1.82) is 0 Å². The van der Waals surface area contributed by atoms with Gasteiger partial charge in [0.05, 0.1) is 11.4 Å². The molecular formula is C8H10ClN3S. The number of aromatic nitrogens is 2. The van der Waals surface area contributed by atoms with Gasteiger partial charge in [-0.2, -0.15) is 0 Å². The van der Waals surface area contributed by atoms with Crippen LogP contribution in [0.3, 0.4) is 0 Å². The maximum absolute atomic E-state index is 5.53. The van der Waals surface area contributed by atoms with Gasteiger partial charge in [0.25, 0.3) is 0 Å². The second-order valence-electron chi connectivity index (χ2n) is 2.58. The highest BCUT2D eigenvalue weighted by Crippen LogP contribution is 2.22. The molecule has 70 valence electrons. The number of rotatable bonds is 1. The summed E-state index contributed by atoms with van der Waals surface area (Å²) in [5, 5.41) is 2.58. The lowest BCUT2D eigenvalue weighted by Gasteiger charge is -1.96. The Kier molecular flexibility index (Phi) is 2.95. The van der Waals surface area contributed by atoms with Crippen molar-refractivity contribution in [1.82, 2.24) is 9.55 Å². The number of aryl methyl sites for hydroxylation is 1. The zero-order chi connectivity index (χ0) is 8.55. The average molecular weight is 216 g/mol. The lowest BCUT2D eigenvalue weighted by molar-refractivity contribution is 0.933. The summed E-state index contributed by atoms with van der Waals surface area (Å²) in [5.41, 5.74) is 7.58. The van der Waals surface area contributed by atoms with E-state index in [0.29, 0.717) is 5.13 Å². The van der Waals surface area contributed by atoms with Gasteiger partial charge in [0.15, 0.2) is 5.13 Å². The minimum Gasteiger partial charge on any atom is -0.375 e. The van der Waals surface area contributed by atoms with E-state index in [4.69, 9.17) is 5.73 Å². The highest BCUT2D eigenvalue weighted by atomic mass is 35.5. The van der Waals surface area contributed by atoms with E-state index in [1.807, 2.05) is 35.3 Å². The number of anilines is 1. The van der Waals surface area contributed by atoms with Crippen molar-refractivity contribution >= 4 is 28.9 Å². The smallest absolute Gasteiger partial charge is 0.180 e. The monoisotopic (exact) mass is 215 g/mol. The van der Waals surface area contributed by atoms with Gasteiger partial charge in [0.2, 0.25) is 0 Å². The van der Waals surface area contributed by atoms with Gasteiger partial charge in [0, 0.05) is 18.6 Å². The molecule has 3 nitrogen and oxygen atoms in total. The molecule has 0 amide bonds. The molecule has 2 rings (SSSR count). The molecule has 0 aliphatic rings. The predicted octanol–water partition coefficient (Wildman–Crippen LogP) is 2.15. The van der Waals surface area contributed by atoms with Crippen molar-refractivity contribution in [3.63, 3.8) is 0 Å². The van der Waals surface area contributed by atoms with Crippen LogP contribution < -0.4 is 5.73 Å². The zero-order valence-electron chi connectivity index (χ0n) is 7.10. The zero-order valence-corrected chi connectivity index (χ0v) is 8.73. The number of thiazole rings is 1. The number of nitrogen functional groups attached to an aromatic ring is 1. The second kappa shape index (κ2) is 3.81. The van der Waals surface area contributed by atoms with Gasteiger partial charge < -0.3 is 10.3 Å². The van der Waals surface area contributed by atoms with Crippen molar-refractivity contribution < 1.29 is 0 Å². The quantitative estimate of drug-likeness (QED) is 0.792. The summed E-state index contributed by atoms with van der Waals surface area (Å²) in [6.45, 7) is 0. The fraction of sp³-hybridized carbons (Fsp3) is 0.125. The maximum atomic E-state index is 5.53. The molecule has 0 unspecified atom stereocenters. The maximum Gasteiger partial charge on any atom is 0.180 e. The standard InChI is InChI=1S/C8H9N3S.ClH/c1-11-4-2-3-7(11)6-5-12-8(9)10-6;/h2-5H,1H3,(H2,9,10);1H. The van der Waals surface area contributed by atoms with Gasteiger partial charge in [-0.1, -0.05) is 0 Å². The van der Waals surface area contributed by atoms with Crippen LogP contribution in [-0.2, 0) is 7.05 Å². The summed E-state index contributed by atoms with van der Waals surface area (Å²) < 4.78 is 2.02. The van der Waals surface area contributed by atoms with Crippen molar-refractivity contribution in [3.8, 4) is 11.4 Å². The second-order valence-corrected chi connectivity index (χ2v) is 3.46. The molecule has 2 aromatic heterocycles. The number of hydrogen-bond acceptors (Lipinski definition) is 3. The number of nitrogens with zero attached hydrogens (tertiary/aromatic N) is 2. The van der Waals surface area contributed by atoms with Crippen LogP contribution in [0.4, 0.5) is 5.13 Å². The summed E-state index contributed by atoms with van der Waals surface area (Å²) in [5.74, 6) is 0. The third-order valence-electron chi connectivity index (χ3n) is 1.73. The minimum atomic E-state index is 0. The fourth-order valence-corrected chi connectivity index (χ4v) is 1.69. The summed E-state index contributed by atoms with van der Waals surface area (Å²) in [6, 6.07) is 4.01. The lowest BCUT2D eigenvalue weighted by atomic mass is 10.3. The van der Waals surface area contributed by atoms with Crippen LogP contribution in [0.1, 0.15) is 0 Å². The SMILES string of the molecule is Cl.Cn1cccc1-c1csc(N)n1. The van der Waals surface area contributed by atoms with Crippen molar-refractivity contribution in [2.75, 3.05) is 5.73 Å². The third kappa shape index (κ3) is 1.84. The Morgan fingerprint density at radius 1 is 1.54 bits per heavy atom. The molecule has 5 heteroatoms. The van der Waals surface area contributed by atoms with E-state index in [9.17, 15) is 0 Å². The van der Waals surface area contributed by atoms with Crippen LogP contribution in [0.5, 0.6) is 0 Å². The fourth-order valence-electron chi connectivity index (χ4n) is 1.13. The van der Waals surface area contributed by atoms with E-state index in [0.717, 1.165) is 11.4 Å². The van der Waals surface area contributed by atoms with Crippen molar-refractivity contribution in [2.24, 2.45) is 7.05 Å². The number of hydrogen-bond donors (Lipinski definition) is 1. The molecule has 0 bridgehead atoms. The molecule has 0 atom stereocenters. The molecule has 0 saturated heterocycles. The Morgan fingerprint density at radius 2 is 2.31 bits per heavy atom. The number of halogens is 1. The van der Waals surface area contributed by atoms with Crippen LogP contribution in [0.25, 0.3) is 11.4 Å². The molecular weight excluding hydrogens is 206 g/mol. The Morgan fingerprint density at radius 3 is 2.77 bits per heavy atom. The Hall–Kier alpha value is -1.00. The van der Waals surface area contributed by atoms with Crippen LogP contribution in [0, 0.1) is 0 Å². The molecule has 0 spiro atoms. The van der Waals surface area contributed by atoms with Gasteiger partial charge in [-0.25, -0.2) is 4.98 Å². The topological polar surface area (TPSA) is 43.8 Å². The minimum absolute atomic E-state index is 0. The highest BCUT2D eigenvalue weighted by Gasteiger charge is 2.03. The van der Waals surface area contributed by atoms with Gasteiger partial charge in [-0.3, -0.25) is 0 Å². The third-order valence-corrected chi connectivity index (χ3v) is 2.40. The summed E-state index contributed by atoms with van der Waals surface area (Å²) in [4.78, 5) is 4.19. The van der Waals surface area contributed by atoms with E-state index >= 15 is 0 Å². The van der Waals surface area contributed by atoms with E-state index in [1.165, 1.54) is 11.3 Å². The molecule has 0 fully saturated rings. The molecule has 2 heterocycles. The van der Waals surface area contributed by atoms with Gasteiger partial charge >= 0.3 is 0 Å². The molecule has 0 aromatic carbocycles. The van der Waals surface area contributed by atoms with Gasteiger partial charge in [-0.05, 0) is 12.1 Å². The molecule has 2 N–H and O–H groups in total. The predicted molar refractivity (Wildman–Crippen MR) is 58.2 cm³/mol. The Labute approximate surface area is 86.6 Å². The van der Waals surface area contributed by atoms with E-state index in [-0.39, 0.29) is 12.4 Å². The van der Waals surface area contributed by atoms with Crippen LogP contribution >= 0.6 is 23.7 Å². The van der Waals surface area contributed by atoms with Crippen molar-refractivity contribution in [3.05, 3.63) is 23.7 Å². The summed E-state index contributed by atoms with van der Waals surface area (Å²) >= 11 is 1.46. The van der Waals surface area contributed by atoms with E-state index in [2.05, 4.69) is 4.98 Å². The average Bonchev–Trinajstić information content (AvgIpc) is 2.58. The van der Waals surface area contributed by atoms with Crippen molar-refractivity contribution in [2.45, 2.75) is 0 Å². The molecule has 0 saturated carbocycles. The van der Waals surface area contributed by atoms with Gasteiger partial charge in [-0.15, -0.1) is 23.7 Å². The first-order chi connectivity index (χ1) is 5.77. The summed E-state index contributed by atoms with van der Waals surface area (Å²) in [6.07, 6.45) is 1.99. The Balaban J connectivity index is 0.000000845. The van der Waals surface area contributed by atoms with E-state index in [1.54, 1.807) is 0 Å². The first-order valence-corrected chi connectivity index (χ1v) is 4.48. The first-order valence-electron chi connectivity index (χ1n) is 3.60. The number of nitrogens with two attached hydrogens (primary N) is 1.